The summed E-state index contributed by atoms with van der Waals surface area (Å²) in [5, 5.41) is 6.75. The summed E-state index contributed by atoms with van der Waals surface area (Å²) in [5.74, 6) is 0.829. The maximum absolute atomic E-state index is 11.3. The van der Waals surface area contributed by atoms with Crippen molar-refractivity contribution in [3.63, 3.8) is 0 Å². The molecule has 8 heteroatoms. The molecule has 102 valence electrons. The number of thioether (sulfide) groups is 1. The van der Waals surface area contributed by atoms with Gasteiger partial charge in [-0.2, -0.15) is 0 Å². The number of hydrogen-bond acceptors (Lipinski definition) is 7. The Labute approximate surface area is 115 Å². The van der Waals surface area contributed by atoms with Crippen molar-refractivity contribution in [1.29, 1.82) is 0 Å². The maximum Gasteiger partial charge on any atom is 0.434 e. The molecule has 0 unspecified atom stereocenters. The highest BCUT2D eigenvalue weighted by molar-refractivity contribution is 8.13. The molecule has 1 amide bonds. The topological polar surface area (TPSA) is 79.8 Å². The number of amides is 1. The Bertz CT molecular complexity index is 332. The van der Waals surface area contributed by atoms with Crippen LogP contribution >= 0.6 is 23.7 Å². The number of nitrogens with zero attached hydrogens (tertiary/aromatic N) is 1. The Morgan fingerprint density at radius 3 is 2.78 bits per heavy atom. The van der Waals surface area contributed by atoms with Crippen LogP contribution in [0, 0.1) is 5.92 Å². The summed E-state index contributed by atoms with van der Waals surface area (Å²) in [6.45, 7) is 2.09. The molecular weight excluding hydrogens is 274 g/mol. The standard InChI is InChI=1S/C10H17N3O3S2/c1-7(17-2)13-16-10(15)11-6-18-12-5-9(14)8-3-4-8/h8,12H,3-6H2,1-2H3,(H,11,15)/b13-7+. The van der Waals surface area contributed by atoms with Crippen molar-refractivity contribution >= 4 is 40.6 Å². The molecule has 0 aliphatic heterocycles. The van der Waals surface area contributed by atoms with Crippen molar-refractivity contribution in [3.8, 4) is 0 Å². The molecule has 0 atom stereocenters. The second-order valence-electron chi connectivity index (χ2n) is 3.72. The van der Waals surface area contributed by atoms with Gasteiger partial charge in [-0.25, -0.2) is 4.79 Å². The molecule has 18 heavy (non-hydrogen) atoms. The number of oxime groups is 1. The lowest BCUT2D eigenvalue weighted by atomic mass is 10.3. The summed E-state index contributed by atoms with van der Waals surface area (Å²) in [7, 11) is 0. The molecule has 6 nitrogen and oxygen atoms in total. The molecule has 1 fully saturated rings. The van der Waals surface area contributed by atoms with E-state index in [9.17, 15) is 9.59 Å². The molecule has 1 aliphatic rings. The van der Waals surface area contributed by atoms with Crippen LogP contribution < -0.4 is 10.0 Å². The molecule has 0 aromatic rings. The molecule has 0 bridgehead atoms. The van der Waals surface area contributed by atoms with Gasteiger partial charge in [0.1, 0.15) is 5.04 Å². The third-order valence-electron chi connectivity index (χ3n) is 2.22. The highest BCUT2D eigenvalue weighted by atomic mass is 32.2. The fraction of sp³-hybridized carbons (Fsp3) is 0.700. The van der Waals surface area contributed by atoms with Crippen LogP contribution in [-0.2, 0) is 9.63 Å². The monoisotopic (exact) mass is 291 g/mol. The fourth-order valence-corrected chi connectivity index (χ4v) is 1.64. The third kappa shape index (κ3) is 6.87. The van der Waals surface area contributed by atoms with E-state index in [0.29, 0.717) is 17.5 Å². The van der Waals surface area contributed by atoms with Gasteiger partial charge in [-0.3, -0.25) is 14.4 Å². The first-order chi connectivity index (χ1) is 8.63. The third-order valence-corrected chi connectivity index (χ3v) is 3.52. The summed E-state index contributed by atoms with van der Waals surface area (Å²) < 4.78 is 2.89. The van der Waals surface area contributed by atoms with Crippen LogP contribution in [-0.4, -0.2) is 35.6 Å². The lowest BCUT2D eigenvalue weighted by Crippen LogP contribution is -2.26. The van der Waals surface area contributed by atoms with Gasteiger partial charge in [-0.1, -0.05) is 17.1 Å². The minimum absolute atomic E-state index is 0.241. The smallest absolute Gasteiger partial charge is 0.309 e. The predicted molar refractivity (Wildman–Crippen MR) is 74.4 cm³/mol. The lowest BCUT2D eigenvalue weighted by molar-refractivity contribution is -0.119. The molecule has 0 aromatic carbocycles. The zero-order valence-electron chi connectivity index (χ0n) is 10.4. The van der Waals surface area contributed by atoms with Gasteiger partial charge in [0.15, 0.2) is 5.78 Å². The van der Waals surface area contributed by atoms with Gasteiger partial charge in [0.05, 0.1) is 12.4 Å². The fourth-order valence-electron chi connectivity index (χ4n) is 0.993. The van der Waals surface area contributed by atoms with E-state index >= 15 is 0 Å². The largest absolute Gasteiger partial charge is 0.434 e. The van der Waals surface area contributed by atoms with Crippen molar-refractivity contribution in [3.05, 3.63) is 0 Å². The first-order valence-corrected chi connectivity index (χ1v) is 7.75. The zero-order valence-corrected chi connectivity index (χ0v) is 12.0. The van der Waals surface area contributed by atoms with Gasteiger partial charge in [0.25, 0.3) is 0 Å². The number of carbonyl (C=O) groups excluding carboxylic acids is 2. The molecule has 0 saturated heterocycles. The molecule has 0 heterocycles. The molecule has 1 rings (SSSR count). The van der Waals surface area contributed by atoms with Gasteiger partial charge in [-0.05, 0) is 26.0 Å². The highest BCUT2D eigenvalue weighted by Gasteiger charge is 2.28. The first-order valence-electron chi connectivity index (χ1n) is 5.54. The number of ketones is 1. The van der Waals surface area contributed by atoms with E-state index in [-0.39, 0.29) is 11.7 Å². The molecule has 0 radical (unpaired) electrons. The number of Topliss-reactive ketones (excluding diaryl/α,β-unsaturated/α-hetero) is 1. The zero-order chi connectivity index (χ0) is 13.4. The van der Waals surface area contributed by atoms with E-state index < -0.39 is 6.09 Å². The highest BCUT2D eigenvalue weighted by Crippen LogP contribution is 2.29. The summed E-state index contributed by atoms with van der Waals surface area (Å²) in [6.07, 6.45) is 3.27. The Balaban J connectivity index is 1.96. The predicted octanol–water partition coefficient (Wildman–Crippen LogP) is 1.58. The van der Waals surface area contributed by atoms with E-state index in [0.717, 1.165) is 12.8 Å². The Morgan fingerprint density at radius 1 is 1.44 bits per heavy atom. The number of hydrogen-bond donors (Lipinski definition) is 2. The molecular formula is C10H17N3O3S2. The molecule has 1 aliphatic carbocycles. The summed E-state index contributed by atoms with van der Waals surface area (Å²) >= 11 is 2.66. The normalized spacial score (nSPS) is 15.3. The van der Waals surface area contributed by atoms with Gasteiger partial charge in [0, 0.05) is 5.92 Å². The maximum atomic E-state index is 11.3. The number of carbonyl (C=O) groups is 2. The molecule has 0 spiro atoms. The van der Waals surface area contributed by atoms with E-state index in [1.165, 1.54) is 23.7 Å². The van der Waals surface area contributed by atoms with Crippen LogP contribution in [0.2, 0.25) is 0 Å². The van der Waals surface area contributed by atoms with Crippen molar-refractivity contribution in [1.82, 2.24) is 10.0 Å². The lowest BCUT2D eigenvalue weighted by Gasteiger charge is -2.04. The van der Waals surface area contributed by atoms with Crippen molar-refractivity contribution in [2.75, 3.05) is 18.7 Å². The van der Waals surface area contributed by atoms with Gasteiger partial charge >= 0.3 is 6.09 Å². The van der Waals surface area contributed by atoms with Crippen molar-refractivity contribution in [2.45, 2.75) is 19.8 Å². The van der Waals surface area contributed by atoms with Crippen LogP contribution in [0.5, 0.6) is 0 Å². The van der Waals surface area contributed by atoms with Crippen molar-refractivity contribution < 1.29 is 14.4 Å². The Kier molecular flexibility index (Phi) is 7.14. The van der Waals surface area contributed by atoms with E-state index in [2.05, 4.69) is 20.0 Å². The second kappa shape index (κ2) is 8.39. The first kappa shape index (κ1) is 15.3. The minimum Gasteiger partial charge on any atom is -0.309 e. The molecule has 2 N–H and O–H groups in total. The quantitative estimate of drug-likeness (QED) is 0.141. The van der Waals surface area contributed by atoms with Gasteiger partial charge < -0.3 is 5.32 Å². The van der Waals surface area contributed by atoms with Gasteiger partial charge in [-0.15, -0.1) is 11.8 Å². The summed E-state index contributed by atoms with van der Waals surface area (Å²) in [5.41, 5.74) is 0. The van der Waals surface area contributed by atoms with Crippen LogP contribution in [0.4, 0.5) is 4.79 Å². The number of rotatable bonds is 7. The Morgan fingerprint density at radius 2 is 2.17 bits per heavy atom. The van der Waals surface area contributed by atoms with Crippen LogP contribution in [0.3, 0.4) is 0 Å². The Hall–Kier alpha value is -0.730. The summed E-state index contributed by atoms with van der Waals surface area (Å²) in [6, 6.07) is 0. The van der Waals surface area contributed by atoms with Gasteiger partial charge in [0.2, 0.25) is 0 Å². The molecule has 0 aromatic heterocycles. The van der Waals surface area contributed by atoms with Crippen LogP contribution in [0.25, 0.3) is 0 Å². The van der Waals surface area contributed by atoms with E-state index in [1.54, 1.807) is 6.92 Å². The van der Waals surface area contributed by atoms with Crippen LogP contribution in [0.1, 0.15) is 19.8 Å². The average Bonchev–Trinajstić information content (AvgIpc) is 3.19. The van der Waals surface area contributed by atoms with Crippen LogP contribution in [0.15, 0.2) is 5.16 Å². The minimum atomic E-state index is -0.605. The molecule has 1 saturated carbocycles. The second-order valence-corrected chi connectivity index (χ2v) is 5.59. The average molecular weight is 291 g/mol. The number of nitrogens with one attached hydrogen (secondary N) is 2. The van der Waals surface area contributed by atoms with E-state index in [1.807, 2.05) is 6.26 Å². The summed E-state index contributed by atoms with van der Waals surface area (Å²) in [4.78, 5) is 27.0. The van der Waals surface area contributed by atoms with E-state index in [4.69, 9.17) is 0 Å². The van der Waals surface area contributed by atoms with Crippen molar-refractivity contribution in [2.24, 2.45) is 11.1 Å². The SMILES string of the molecule is CS/C(C)=N/OC(=O)NCSNCC(=O)C1CC1.